The van der Waals surface area contributed by atoms with E-state index in [1.807, 2.05) is 13.8 Å². The van der Waals surface area contributed by atoms with Gasteiger partial charge in [0.25, 0.3) is 0 Å². The lowest BCUT2D eigenvalue weighted by Crippen LogP contribution is -2.29. The van der Waals surface area contributed by atoms with Crippen molar-refractivity contribution in [2.75, 3.05) is 0 Å². The minimum Gasteiger partial charge on any atom is -0.456 e. The average Bonchev–Trinajstić information content (AvgIpc) is 2.33. The Morgan fingerprint density at radius 3 is 2.00 bits per heavy atom. The largest absolute Gasteiger partial charge is 0.456 e. The first-order chi connectivity index (χ1) is 8.91. The Labute approximate surface area is 119 Å². The average molecular weight is 268 g/mol. The molecule has 0 spiro atoms. The van der Waals surface area contributed by atoms with Crippen molar-refractivity contribution in [1.82, 2.24) is 0 Å². The molecule has 0 aliphatic rings. The van der Waals surface area contributed by atoms with E-state index >= 15 is 0 Å². The molecular weight excluding hydrogens is 236 g/mol. The summed E-state index contributed by atoms with van der Waals surface area (Å²) in [6.07, 6.45) is 6.85. The molecule has 0 rings (SSSR count). The molecule has 0 bridgehead atoms. The number of hydrogen-bond acceptors (Lipinski definition) is 2. The van der Waals surface area contributed by atoms with Gasteiger partial charge in [-0.05, 0) is 46.0 Å². The molecule has 0 N–H and O–H groups in total. The van der Waals surface area contributed by atoms with Gasteiger partial charge in [-0.15, -0.1) is 0 Å². The van der Waals surface area contributed by atoms with Crippen LogP contribution in [0.2, 0.25) is 0 Å². The Kier molecular flexibility index (Phi) is 8.79. The molecular formula is C17H32O2. The molecule has 0 saturated carbocycles. The van der Waals surface area contributed by atoms with Crippen molar-refractivity contribution >= 4 is 5.97 Å². The summed E-state index contributed by atoms with van der Waals surface area (Å²) in [7, 11) is 0. The summed E-state index contributed by atoms with van der Waals surface area (Å²) in [6, 6.07) is 0. The van der Waals surface area contributed by atoms with Crippen LogP contribution in [0.3, 0.4) is 0 Å². The second-order valence-electron chi connectivity index (χ2n) is 5.79. The van der Waals surface area contributed by atoms with Crippen LogP contribution < -0.4 is 0 Å². The first kappa shape index (κ1) is 18.2. The second-order valence-corrected chi connectivity index (χ2v) is 5.79. The topological polar surface area (TPSA) is 26.3 Å². The summed E-state index contributed by atoms with van der Waals surface area (Å²) in [6.45, 7) is 12.5. The van der Waals surface area contributed by atoms with E-state index in [4.69, 9.17) is 4.74 Å². The quantitative estimate of drug-likeness (QED) is 0.412. The zero-order valence-electron chi connectivity index (χ0n) is 13.8. The smallest absolute Gasteiger partial charge is 0.334 e. The highest BCUT2D eigenvalue weighted by Gasteiger charge is 2.24. The van der Waals surface area contributed by atoms with E-state index in [1.165, 1.54) is 5.57 Å². The maximum Gasteiger partial charge on any atom is 0.334 e. The molecule has 0 aliphatic carbocycles. The van der Waals surface area contributed by atoms with Gasteiger partial charge in [-0.1, -0.05) is 46.1 Å². The van der Waals surface area contributed by atoms with Crippen molar-refractivity contribution in [3.05, 3.63) is 11.1 Å². The molecule has 0 unspecified atom stereocenters. The van der Waals surface area contributed by atoms with Crippen molar-refractivity contribution in [1.29, 1.82) is 0 Å². The second kappa shape index (κ2) is 9.17. The van der Waals surface area contributed by atoms with E-state index in [9.17, 15) is 4.79 Å². The fraction of sp³-hybridized carbons (Fsp3) is 0.824. The number of carbonyl (C=O) groups is 1. The zero-order chi connectivity index (χ0) is 14.9. The van der Waals surface area contributed by atoms with Gasteiger partial charge in [0.2, 0.25) is 0 Å². The monoisotopic (exact) mass is 268 g/mol. The molecule has 19 heavy (non-hydrogen) atoms. The Morgan fingerprint density at radius 1 is 1.00 bits per heavy atom. The minimum atomic E-state index is -0.351. The highest BCUT2D eigenvalue weighted by atomic mass is 16.6. The Bertz CT molecular complexity index is 294. The van der Waals surface area contributed by atoms with Crippen molar-refractivity contribution in [2.45, 2.75) is 92.1 Å². The number of rotatable bonds is 9. The van der Waals surface area contributed by atoms with Crippen LogP contribution >= 0.6 is 0 Å². The van der Waals surface area contributed by atoms with Crippen LogP contribution in [0.25, 0.3) is 0 Å². The molecule has 0 amide bonds. The molecule has 0 saturated heterocycles. The van der Waals surface area contributed by atoms with Crippen molar-refractivity contribution < 1.29 is 9.53 Å². The molecule has 2 nitrogen and oxygen atoms in total. The van der Waals surface area contributed by atoms with Gasteiger partial charge in [-0.2, -0.15) is 0 Å². The SMILES string of the molecule is CCCCC(C(=O)OC(C)(C)CCC)=C(CC)CC. The third-order valence-electron chi connectivity index (χ3n) is 3.53. The molecule has 0 aliphatic heterocycles. The lowest BCUT2D eigenvalue weighted by molar-refractivity contribution is -0.152. The molecule has 0 radical (unpaired) electrons. The van der Waals surface area contributed by atoms with Crippen molar-refractivity contribution in [2.24, 2.45) is 0 Å². The Balaban J connectivity index is 4.96. The summed E-state index contributed by atoms with van der Waals surface area (Å²) < 4.78 is 5.73. The highest BCUT2D eigenvalue weighted by molar-refractivity contribution is 5.89. The zero-order valence-corrected chi connectivity index (χ0v) is 13.8. The molecule has 0 aromatic carbocycles. The van der Waals surface area contributed by atoms with Crippen LogP contribution in [-0.2, 0) is 9.53 Å². The van der Waals surface area contributed by atoms with Gasteiger partial charge in [0.15, 0.2) is 0 Å². The standard InChI is InChI=1S/C17H32O2/c1-7-11-12-15(14(9-3)10-4)16(18)19-17(5,6)13-8-2/h7-13H2,1-6H3. The molecule has 0 heterocycles. The fourth-order valence-corrected chi connectivity index (χ4v) is 2.42. The van der Waals surface area contributed by atoms with Gasteiger partial charge in [0.05, 0.1) is 0 Å². The van der Waals surface area contributed by atoms with Gasteiger partial charge in [0, 0.05) is 5.57 Å². The first-order valence-electron chi connectivity index (χ1n) is 7.86. The number of carbonyl (C=O) groups excluding carboxylic acids is 1. The molecule has 0 aromatic rings. The van der Waals surface area contributed by atoms with Gasteiger partial charge < -0.3 is 4.74 Å². The van der Waals surface area contributed by atoms with E-state index in [0.29, 0.717) is 0 Å². The third kappa shape index (κ3) is 6.79. The van der Waals surface area contributed by atoms with Crippen LogP contribution in [-0.4, -0.2) is 11.6 Å². The molecule has 0 aromatic heterocycles. The summed E-state index contributed by atoms with van der Waals surface area (Å²) >= 11 is 0. The Morgan fingerprint density at radius 2 is 1.58 bits per heavy atom. The summed E-state index contributed by atoms with van der Waals surface area (Å²) in [5, 5.41) is 0. The summed E-state index contributed by atoms with van der Waals surface area (Å²) in [5.41, 5.74) is 1.83. The fourth-order valence-electron chi connectivity index (χ4n) is 2.42. The minimum absolute atomic E-state index is 0.0920. The van der Waals surface area contributed by atoms with Gasteiger partial charge in [-0.3, -0.25) is 0 Å². The maximum atomic E-state index is 12.4. The molecule has 0 atom stereocenters. The number of esters is 1. The predicted octanol–water partition coefficient (Wildman–Crippen LogP) is 5.42. The predicted molar refractivity (Wildman–Crippen MR) is 82.2 cm³/mol. The summed E-state index contributed by atoms with van der Waals surface area (Å²) in [5.74, 6) is -0.0920. The van der Waals surface area contributed by atoms with Gasteiger partial charge in [0.1, 0.15) is 5.60 Å². The molecule has 0 fully saturated rings. The van der Waals surface area contributed by atoms with Crippen LogP contribution in [0.15, 0.2) is 11.1 Å². The van der Waals surface area contributed by atoms with E-state index in [1.54, 1.807) is 0 Å². The number of allylic oxidation sites excluding steroid dienone is 1. The normalized spacial score (nSPS) is 11.3. The summed E-state index contributed by atoms with van der Waals surface area (Å²) in [4.78, 5) is 12.4. The number of unbranched alkanes of at least 4 members (excludes halogenated alkanes) is 1. The maximum absolute atomic E-state index is 12.4. The van der Waals surface area contributed by atoms with Crippen molar-refractivity contribution in [3.8, 4) is 0 Å². The highest BCUT2D eigenvalue weighted by Crippen LogP contribution is 2.24. The van der Waals surface area contributed by atoms with E-state index in [2.05, 4.69) is 27.7 Å². The van der Waals surface area contributed by atoms with E-state index in [-0.39, 0.29) is 11.6 Å². The number of hydrogen-bond donors (Lipinski definition) is 0. The van der Waals surface area contributed by atoms with Crippen LogP contribution in [0.1, 0.15) is 86.5 Å². The molecule has 112 valence electrons. The van der Waals surface area contributed by atoms with Crippen LogP contribution in [0.4, 0.5) is 0 Å². The van der Waals surface area contributed by atoms with Gasteiger partial charge >= 0.3 is 5.97 Å². The lowest BCUT2D eigenvalue weighted by Gasteiger charge is -2.26. The van der Waals surface area contributed by atoms with E-state index < -0.39 is 0 Å². The Hall–Kier alpha value is -0.790. The lowest BCUT2D eigenvalue weighted by atomic mass is 9.97. The third-order valence-corrected chi connectivity index (χ3v) is 3.53. The van der Waals surface area contributed by atoms with Gasteiger partial charge in [-0.25, -0.2) is 4.79 Å². The first-order valence-corrected chi connectivity index (χ1v) is 7.86. The van der Waals surface area contributed by atoms with E-state index in [0.717, 1.165) is 50.5 Å². The number of ether oxygens (including phenoxy) is 1. The van der Waals surface area contributed by atoms with Crippen LogP contribution in [0.5, 0.6) is 0 Å². The van der Waals surface area contributed by atoms with Crippen molar-refractivity contribution in [3.63, 3.8) is 0 Å². The molecule has 2 heteroatoms. The van der Waals surface area contributed by atoms with Crippen LogP contribution in [0, 0.1) is 0 Å².